The zero-order chi connectivity index (χ0) is 23.0. The standard InChI is InChI=1S/C25H23NO5S/c1-14-7-8-16(12-15(14)2)26-22(20-6-5-11-32-20)21(24(28)25(26)29)23(27)18-13-17(30-3)9-10-19(18)31-4/h5-13,22,27H,1-4H3/b23-21-. The van der Waals surface area contributed by atoms with Crippen molar-refractivity contribution in [3.63, 3.8) is 0 Å². The number of aryl methyl sites for hydroxylation is 2. The van der Waals surface area contributed by atoms with Crippen LogP contribution in [0.1, 0.15) is 27.6 Å². The number of rotatable bonds is 5. The highest BCUT2D eigenvalue weighted by molar-refractivity contribution is 7.10. The molecule has 1 amide bonds. The number of benzene rings is 2. The van der Waals surface area contributed by atoms with Gasteiger partial charge >= 0.3 is 0 Å². The molecule has 6 nitrogen and oxygen atoms in total. The Hall–Kier alpha value is -3.58. The van der Waals surface area contributed by atoms with Crippen LogP contribution in [0.5, 0.6) is 11.5 Å². The molecule has 1 atom stereocenters. The third kappa shape index (κ3) is 3.54. The van der Waals surface area contributed by atoms with Gasteiger partial charge in [-0.15, -0.1) is 11.3 Å². The molecule has 4 rings (SSSR count). The van der Waals surface area contributed by atoms with Gasteiger partial charge in [-0.1, -0.05) is 12.1 Å². The number of hydrogen-bond donors (Lipinski definition) is 1. The van der Waals surface area contributed by atoms with Crippen molar-refractivity contribution in [3.05, 3.63) is 81.1 Å². The second-order valence-corrected chi connectivity index (χ2v) is 8.50. The van der Waals surface area contributed by atoms with Crippen molar-refractivity contribution in [2.45, 2.75) is 19.9 Å². The first-order valence-electron chi connectivity index (χ1n) is 10.0. The van der Waals surface area contributed by atoms with Gasteiger partial charge < -0.3 is 14.6 Å². The second kappa shape index (κ2) is 8.51. The first kappa shape index (κ1) is 21.6. The van der Waals surface area contributed by atoms with Crippen molar-refractivity contribution < 1.29 is 24.2 Å². The molecule has 0 aliphatic carbocycles. The van der Waals surface area contributed by atoms with E-state index in [9.17, 15) is 14.7 Å². The van der Waals surface area contributed by atoms with E-state index in [-0.39, 0.29) is 16.9 Å². The highest BCUT2D eigenvalue weighted by atomic mass is 32.1. The van der Waals surface area contributed by atoms with Crippen LogP contribution in [0.15, 0.2) is 59.5 Å². The van der Waals surface area contributed by atoms with E-state index in [2.05, 4.69) is 0 Å². The van der Waals surface area contributed by atoms with Gasteiger partial charge in [0.25, 0.3) is 11.7 Å². The van der Waals surface area contributed by atoms with Crippen molar-refractivity contribution >= 4 is 34.5 Å². The number of hydrogen-bond acceptors (Lipinski definition) is 6. The minimum absolute atomic E-state index is 0.0160. The molecule has 0 bridgehead atoms. The van der Waals surface area contributed by atoms with Crippen LogP contribution in [-0.2, 0) is 9.59 Å². The number of ketones is 1. The lowest BCUT2D eigenvalue weighted by molar-refractivity contribution is -0.132. The first-order valence-corrected chi connectivity index (χ1v) is 10.9. The highest BCUT2D eigenvalue weighted by Crippen LogP contribution is 2.45. The number of thiophene rings is 1. The van der Waals surface area contributed by atoms with Gasteiger partial charge in [0, 0.05) is 10.6 Å². The zero-order valence-electron chi connectivity index (χ0n) is 18.2. The lowest BCUT2D eigenvalue weighted by atomic mass is 9.99. The SMILES string of the molecule is COc1ccc(OC)c(/C(O)=C2/C(=O)C(=O)N(c3ccc(C)c(C)c3)C2c2cccs2)c1. The van der Waals surface area contributed by atoms with E-state index in [1.54, 1.807) is 18.2 Å². The van der Waals surface area contributed by atoms with Gasteiger partial charge in [0.2, 0.25) is 0 Å². The molecule has 1 saturated heterocycles. The number of Topliss-reactive ketones (excluding diaryl/α,β-unsaturated/α-hetero) is 1. The van der Waals surface area contributed by atoms with Crippen LogP contribution in [0.3, 0.4) is 0 Å². The summed E-state index contributed by atoms with van der Waals surface area (Å²) >= 11 is 1.42. The van der Waals surface area contributed by atoms with Crippen molar-refractivity contribution in [3.8, 4) is 11.5 Å². The molecule has 0 radical (unpaired) electrons. The maximum atomic E-state index is 13.2. The molecule has 0 spiro atoms. The average Bonchev–Trinajstić information content (AvgIpc) is 3.42. The number of aliphatic hydroxyl groups is 1. The number of anilines is 1. The molecule has 1 unspecified atom stereocenters. The molecular weight excluding hydrogens is 426 g/mol. The minimum Gasteiger partial charge on any atom is -0.507 e. The molecule has 164 valence electrons. The number of amides is 1. The number of carbonyl (C=O) groups excluding carboxylic acids is 2. The van der Waals surface area contributed by atoms with Crippen molar-refractivity contribution in [1.82, 2.24) is 0 Å². The van der Waals surface area contributed by atoms with E-state index >= 15 is 0 Å². The van der Waals surface area contributed by atoms with Crippen LogP contribution in [0.25, 0.3) is 5.76 Å². The highest BCUT2D eigenvalue weighted by Gasteiger charge is 2.47. The summed E-state index contributed by atoms with van der Waals surface area (Å²) < 4.78 is 10.7. The van der Waals surface area contributed by atoms with E-state index in [0.717, 1.165) is 16.0 Å². The molecule has 32 heavy (non-hydrogen) atoms. The average molecular weight is 450 g/mol. The number of carbonyl (C=O) groups is 2. The quantitative estimate of drug-likeness (QED) is 0.337. The largest absolute Gasteiger partial charge is 0.507 e. The Morgan fingerprint density at radius 1 is 1.00 bits per heavy atom. The number of nitrogens with zero attached hydrogens (tertiary/aromatic N) is 1. The van der Waals surface area contributed by atoms with Gasteiger partial charge in [0.15, 0.2) is 0 Å². The number of methoxy groups -OCH3 is 2. The van der Waals surface area contributed by atoms with E-state index in [1.165, 1.54) is 30.5 Å². The lowest BCUT2D eigenvalue weighted by Crippen LogP contribution is -2.29. The monoisotopic (exact) mass is 449 g/mol. The fourth-order valence-electron chi connectivity index (χ4n) is 3.83. The summed E-state index contributed by atoms with van der Waals surface area (Å²) in [5.74, 6) is -0.878. The summed E-state index contributed by atoms with van der Waals surface area (Å²) in [5, 5.41) is 13.2. The van der Waals surface area contributed by atoms with Crippen molar-refractivity contribution in [1.29, 1.82) is 0 Å². The summed E-state index contributed by atoms with van der Waals surface area (Å²) in [6.45, 7) is 3.94. The van der Waals surface area contributed by atoms with Crippen LogP contribution >= 0.6 is 11.3 Å². The maximum Gasteiger partial charge on any atom is 0.300 e. The van der Waals surface area contributed by atoms with Gasteiger partial charge in [-0.05, 0) is 66.8 Å². The van der Waals surface area contributed by atoms with E-state index in [1.807, 2.05) is 49.6 Å². The van der Waals surface area contributed by atoms with Gasteiger partial charge in [0.1, 0.15) is 23.3 Å². The topological polar surface area (TPSA) is 76.1 Å². The Labute approximate surface area is 190 Å². The smallest absolute Gasteiger partial charge is 0.300 e. The Morgan fingerprint density at radius 3 is 2.41 bits per heavy atom. The molecule has 1 aliphatic heterocycles. The number of aliphatic hydroxyl groups excluding tert-OH is 1. The van der Waals surface area contributed by atoms with E-state index < -0.39 is 17.7 Å². The molecule has 0 saturated carbocycles. The molecule has 1 aliphatic rings. The summed E-state index contributed by atoms with van der Waals surface area (Å²) in [7, 11) is 2.99. The predicted molar refractivity (Wildman–Crippen MR) is 125 cm³/mol. The minimum atomic E-state index is -0.756. The Bertz CT molecular complexity index is 1230. The molecular formula is C25H23NO5S. The van der Waals surface area contributed by atoms with Crippen LogP contribution in [0, 0.1) is 13.8 Å². The maximum absolute atomic E-state index is 13.2. The fourth-order valence-corrected chi connectivity index (χ4v) is 4.66. The molecule has 2 heterocycles. The summed E-state index contributed by atoms with van der Waals surface area (Å²) in [5.41, 5.74) is 2.99. The third-order valence-electron chi connectivity index (χ3n) is 5.69. The predicted octanol–water partition coefficient (Wildman–Crippen LogP) is 5.01. The van der Waals surface area contributed by atoms with Gasteiger partial charge in [0.05, 0.1) is 25.4 Å². The van der Waals surface area contributed by atoms with Crippen LogP contribution in [0.4, 0.5) is 5.69 Å². The summed E-state index contributed by atoms with van der Waals surface area (Å²) in [6.07, 6.45) is 0. The number of ether oxygens (including phenoxy) is 2. The Balaban J connectivity index is 1.96. The molecule has 1 aromatic heterocycles. The normalized spacial score (nSPS) is 17.6. The zero-order valence-corrected chi connectivity index (χ0v) is 19.0. The van der Waals surface area contributed by atoms with E-state index in [4.69, 9.17) is 9.47 Å². The second-order valence-electron chi connectivity index (χ2n) is 7.52. The summed E-state index contributed by atoms with van der Waals surface area (Å²) in [4.78, 5) is 28.7. The molecule has 3 aromatic rings. The third-order valence-corrected chi connectivity index (χ3v) is 6.61. The lowest BCUT2D eigenvalue weighted by Gasteiger charge is -2.25. The van der Waals surface area contributed by atoms with Gasteiger partial charge in [-0.2, -0.15) is 0 Å². The molecule has 1 N–H and O–H groups in total. The van der Waals surface area contributed by atoms with Crippen molar-refractivity contribution in [2.24, 2.45) is 0 Å². The first-order chi connectivity index (χ1) is 15.4. The van der Waals surface area contributed by atoms with Crippen LogP contribution in [-0.4, -0.2) is 31.0 Å². The Kier molecular flexibility index (Phi) is 5.76. The molecule has 2 aromatic carbocycles. The van der Waals surface area contributed by atoms with Crippen LogP contribution < -0.4 is 14.4 Å². The van der Waals surface area contributed by atoms with Gasteiger partial charge in [-0.25, -0.2) is 0 Å². The molecule has 7 heteroatoms. The fraction of sp³-hybridized carbons (Fsp3) is 0.200. The molecule has 1 fully saturated rings. The van der Waals surface area contributed by atoms with Crippen LogP contribution in [0.2, 0.25) is 0 Å². The van der Waals surface area contributed by atoms with Crippen molar-refractivity contribution in [2.75, 3.05) is 19.1 Å². The summed E-state index contributed by atoms with van der Waals surface area (Å²) in [6, 6.07) is 13.5. The van der Waals surface area contributed by atoms with E-state index in [0.29, 0.717) is 17.2 Å². The van der Waals surface area contributed by atoms with Gasteiger partial charge in [-0.3, -0.25) is 14.5 Å². The Morgan fingerprint density at radius 2 is 1.78 bits per heavy atom.